The second-order valence-electron chi connectivity index (χ2n) is 4.67. The van der Waals surface area contributed by atoms with Crippen LogP contribution in [0.5, 0.6) is 0 Å². The highest BCUT2D eigenvalue weighted by atomic mass is 32.2. The van der Waals surface area contributed by atoms with Gasteiger partial charge in [-0.25, -0.2) is 0 Å². The first-order chi connectivity index (χ1) is 8.46. The molecule has 1 aromatic rings. The predicted molar refractivity (Wildman–Crippen MR) is 69.3 cm³/mol. The van der Waals surface area contributed by atoms with Crippen molar-refractivity contribution in [2.45, 2.75) is 18.6 Å². The van der Waals surface area contributed by atoms with E-state index in [0.717, 1.165) is 11.9 Å². The van der Waals surface area contributed by atoms with Gasteiger partial charge in [0.05, 0.1) is 15.9 Å². The summed E-state index contributed by atoms with van der Waals surface area (Å²) in [6, 6.07) is 6.71. The van der Waals surface area contributed by atoms with Crippen LogP contribution in [0.15, 0.2) is 28.8 Å². The SMILES string of the molecule is CC(C)(CN1C(=O)c2ccccc2C1=O)SN=O. The maximum Gasteiger partial charge on any atom is 0.261 e. The Balaban J connectivity index is 2.26. The number of nitroso groups, excluding NO2 is 1. The molecule has 0 radical (unpaired) electrons. The van der Waals surface area contributed by atoms with Gasteiger partial charge in [0.15, 0.2) is 0 Å². The molecule has 0 spiro atoms. The van der Waals surface area contributed by atoms with E-state index in [-0.39, 0.29) is 18.4 Å². The Hall–Kier alpha value is -1.69. The van der Waals surface area contributed by atoms with Gasteiger partial charge in [-0.2, -0.15) is 0 Å². The molecule has 2 rings (SSSR count). The molecule has 0 fully saturated rings. The lowest BCUT2D eigenvalue weighted by Gasteiger charge is -2.25. The van der Waals surface area contributed by atoms with Crippen molar-refractivity contribution in [2.75, 3.05) is 6.54 Å². The molecule has 1 heterocycles. The quantitative estimate of drug-likeness (QED) is 0.476. The topological polar surface area (TPSA) is 66.8 Å². The van der Waals surface area contributed by atoms with Crippen molar-refractivity contribution in [3.8, 4) is 0 Å². The van der Waals surface area contributed by atoms with Crippen LogP contribution < -0.4 is 0 Å². The lowest BCUT2D eigenvalue weighted by molar-refractivity contribution is 0.0643. The number of fused-ring (bicyclic) bond motifs is 1. The Morgan fingerprint density at radius 3 is 2.11 bits per heavy atom. The van der Waals surface area contributed by atoms with Gasteiger partial charge in [-0.3, -0.25) is 14.5 Å². The Bertz CT molecular complexity index is 493. The Labute approximate surface area is 109 Å². The Kier molecular flexibility index (Phi) is 3.21. The number of carbonyl (C=O) groups excluding carboxylic acids is 2. The van der Waals surface area contributed by atoms with Crippen LogP contribution in [0.1, 0.15) is 34.6 Å². The number of imide groups is 1. The molecule has 1 aliphatic heterocycles. The fourth-order valence-electron chi connectivity index (χ4n) is 1.89. The summed E-state index contributed by atoms with van der Waals surface area (Å²) in [5.74, 6) is -0.620. The fourth-order valence-corrected chi connectivity index (χ4v) is 2.28. The number of amides is 2. The van der Waals surface area contributed by atoms with Crippen LogP contribution in [0.25, 0.3) is 0 Å². The summed E-state index contributed by atoms with van der Waals surface area (Å²) in [5, 5.41) is 0. The molecule has 0 aliphatic carbocycles. The van der Waals surface area contributed by atoms with E-state index in [2.05, 4.69) is 4.58 Å². The van der Waals surface area contributed by atoms with E-state index in [1.54, 1.807) is 38.1 Å². The Morgan fingerprint density at radius 2 is 1.67 bits per heavy atom. The number of nitrogens with zero attached hydrogens (tertiary/aromatic N) is 2. The minimum absolute atomic E-state index is 0.162. The monoisotopic (exact) mass is 264 g/mol. The molecule has 1 aliphatic rings. The highest BCUT2D eigenvalue weighted by Crippen LogP contribution is 2.30. The van der Waals surface area contributed by atoms with Crippen molar-refractivity contribution < 1.29 is 9.59 Å². The predicted octanol–water partition coefficient (Wildman–Crippen LogP) is 2.48. The van der Waals surface area contributed by atoms with E-state index in [9.17, 15) is 14.5 Å². The lowest BCUT2D eigenvalue weighted by atomic mass is 10.1. The van der Waals surface area contributed by atoms with E-state index in [0.29, 0.717) is 11.1 Å². The Morgan fingerprint density at radius 1 is 1.17 bits per heavy atom. The molecule has 2 amide bonds. The van der Waals surface area contributed by atoms with Gasteiger partial charge in [-0.1, -0.05) is 12.1 Å². The fraction of sp³-hybridized carbons (Fsp3) is 0.333. The molecule has 18 heavy (non-hydrogen) atoms. The van der Waals surface area contributed by atoms with E-state index in [4.69, 9.17) is 0 Å². The summed E-state index contributed by atoms with van der Waals surface area (Å²) in [6.45, 7) is 3.70. The van der Waals surface area contributed by atoms with Gasteiger partial charge >= 0.3 is 0 Å². The summed E-state index contributed by atoms with van der Waals surface area (Å²) in [6.07, 6.45) is 0. The smallest absolute Gasteiger partial charge is 0.261 e. The molecule has 0 aromatic heterocycles. The van der Waals surface area contributed by atoms with Crippen molar-refractivity contribution >= 4 is 23.8 Å². The van der Waals surface area contributed by atoms with Crippen molar-refractivity contribution in [1.82, 2.24) is 4.90 Å². The molecular weight excluding hydrogens is 252 g/mol. The van der Waals surface area contributed by atoms with Crippen LogP contribution >= 0.6 is 11.9 Å². The molecule has 5 nitrogen and oxygen atoms in total. The summed E-state index contributed by atoms with van der Waals surface area (Å²) >= 11 is 0.827. The second kappa shape index (κ2) is 4.53. The highest BCUT2D eigenvalue weighted by Gasteiger charge is 2.38. The number of benzene rings is 1. The summed E-state index contributed by atoms with van der Waals surface area (Å²) in [7, 11) is 0. The van der Waals surface area contributed by atoms with Gasteiger partial charge < -0.3 is 0 Å². The van der Waals surface area contributed by atoms with Crippen molar-refractivity contribution in [3.63, 3.8) is 0 Å². The second-order valence-corrected chi connectivity index (χ2v) is 6.10. The van der Waals surface area contributed by atoms with Gasteiger partial charge in [-0.05, 0) is 26.0 Å². The zero-order chi connectivity index (χ0) is 13.3. The average molecular weight is 264 g/mol. The normalized spacial score (nSPS) is 14.9. The molecule has 0 bridgehead atoms. The zero-order valence-electron chi connectivity index (χ0n) is 10.0. The maximum atomic E-state index is 12.1. The van der Waals surface area contributed by atoms with Crippen LogP contribution in [-0.4, -0.2) is 28.0 Å². The molecule has 1 aromatic carbocycles. The maximum absolute atomic E-state index is 12.1. The third kappa shape index (κ3) is 2.15. The number of rotatable bonds is 4. The van der Waals surface area contributed by atoms with Crippen molar-refractivity contribution in [2.24, 2.45) is 4.58 Å². The van der Waals surface area contributed by atoms with E-state index < -0.39 is 4.75 Å². The average Bonchev–Trinajstić information content (AvgIpc) is 2.55. The first-order valence-corrected chi connectivity index (χ1v) is 6.20. The van der Waals surface area contributed by atoms with E-state index in [1.807, 2.05) is 0 Å². The van der Waals surface area contributed by atoms with Gasteiger partial charge in [-0.15, -0.1) is 4.91 Å². The summed E-state index contributed by atoms with van der Waals surface area (Å²) in [4.78, 5) is 35.6. The van der Waals surface area contributed by atoms with Gasteiger partial charge in [0, 0.05) is 23.1 Å². The van der Waals surface area contributed by atoms with Crippen LogP contribution in [0.2, 0.25) is 0 Å². The molecule has 0 N–H and O–H groups in total. The number of hydrogen-bond donors (Lipinski definition) is 0. The molecule has 0 saturated carbocycles. The van der Waals surface area contributed by atoms with Gasteiger partial charge in [0.1, 0.15) is 0 Å². The first-order valence-electron chi connectivity index (χ1n) is 5.42. The van der Waals surface area contributed by atoms with E-state index in [1.165, 1.54) is 4.90 Å². The van der Waals surface area contributed by atoms with Crippen LogP contribution in [0.3, 0.4) is 0 Å². The van der Waals surface area contributed by atoms with Crippen LogP contribution in [0, 0.1) is 4.91 Å². The molecule has 0 unspecified atom stereocenters. The zero-order valence-corrected chi connectivity index (χ0v) is 10.9. The first kappa shape index (κ1) is 12.8. The number of carbonyl (C=O) groups is 2. The molecule has 0 saturated heterocycles. The van der Waals surface area contributed by atoms with Crippen molar-refractivity contribution in [3.05, 3.63) is 40.3 Å². The minimum atomic E-state index is -0.588. The summed E-state index contributed by atoms with van der Waals surface area (Å²) in [5.41, 5.74) is 0.838. The highest BCUT2D eigenvalue weighted by molar-refractivity contribution is 7.99. The van der Waals surface area contributed by atoms with Crippen LogP contribution in [-0.2, 0) is 0 Å². The molecule has 6 heteroatoms. The number of hydrogen-bond acceptors (Lipinski definition) is 5. The third-order valence-corrected chi connectivity index (χ3v) is 3.40. The molecule has 94 valence electrons. The standard InChI is InChI=1S/C12H12N2O3S/c1-12(2,18-13-17)7-14-10(15)8-5-3-4-6-9(8)11(14)16/h3-6H,7H2,1-2H3. The van der Waals surface area contributed by atoms with Crippen molar-refractivity contribution in [1.29, 1.82) is 0 Å². The lowest BCUT2D eigenvalue weighted by Crippen LogP contribution is -2.40. The van der Waals surface area contributed by atoms with Gasteiger partial charge in [0.25, 0.3) is 11.8 Å². The largest absolute Gasteiger partial charge is 0.273 e. The van der Waals surface area contributed by atoms with Crippen LogP contribution in [0.4, 0.5) is 0 Å². The van der Waals surface area contributed by atoms with E-state index >= 15 is 0 Å². The third-order valence-electron chi connectivity index (χ3n) is 2.70. The molecular formula is C12H12N2O3S. The summed E-state index contributed by atoms with van der Waals surface area (Å²) < 4.78 is 2.18. The minimum Gasteiger partial charge on any atom is -0.273 e. The van der Waals surface area contributed by atoms with Gasteiger partial charge in [0.2, 0.25) is 0 Å². The molecule has 0 atom stereocenters.